The quantitative estimate of drug-likeness (QED) is 0.673. The molecule has 1 saturated heterocycles. The maximum atomic E-state index is 11.5. The Morgan fingerprint density at radius 3 is 3.21 bits per heavy atom. The van der Waals surface area contributed by atoms with Crippen molar-refractivity contribution in [3.63, 3.8) is 0 Å². The topological polar surface area (TPSA) is 41.6 Å². The minimum absolute atomic E-state index is 0.235. The third kappa shape index (κ3) is 3.03. The van der Waals surface area contributed by atoms with Crippen molar-refractivity contribution in [1.29, 1.82) is 0 Å². The van der Waals surface area contributed by atoms with Crippen LogP contribution in [0.1, 0.15) is 13.3 Å². The van der Waals surface area contributed by atoms with E-state index in [0.29, 0.717) is 0 Å². The maximum Gasteiger partial charge on any atom is 0.410 e. The number of hydrogen-bond acceptors (Lipinski definition) is 3. The predicted octanol–water partition coefficient (Wildman–Crippen LogP) is 0.993. The van der Waals surface area contributed by atoms with Crippen molar-refractivity contribution >= 4 is 6.09 Å². The van der Waals surface area contributed by atoms with E-state index >= 15 is 0 Å². The van der Waals surface area contributed by atoms with Gasteiger partial charge in [0.15, 0.2) is 0 Å². The Bertz CT molecular complexity index is 206. The summed E-state index contributed by atoms with van der Waals surface area (Å²) in [6.45, 7) is 8.36. The third-order valence-electron chi connectivity index (χ3n) is 2.36. The number of carbonyl (C=O) groups excluding carboxylic acids is 1. The van der Waals surface area contributed by atoms with Crippen molar-refractivity contribution < 1.29 is 9.53 Å². The average molecular weight is 198 g/mol. The monoisotopic (exact) mass is 198 g/mol. The molecule has 4 heteroatoms. The largest absolute Gasteiger partial charge is 0.445 e. The van der Waals surface area contributed by atoms with E-state index in [9.17, 15) is 4.79 Å². The van der Waals surface area contributed by atoms with E-state index in [0.717, 1.165) is 26.1 Å². The fraction of sp³-hybridized carbons (Fsp3) is 0.700. The second-order valence-corrected chi connectivity index (χ2v) is 3.45. The summed E-state index contributed by atoms with van der Waals surface area (Å²) in [7, 11) is 0. The van der Waals surface area contributed by atoms with E-state index in [-0.39, 0.29) is 18.7 Å². The van der Waals surface area contributed by atoms with Gasteiger partial charge < -0.3 is 15.0 Å². The molecule has 0 aromatic heterocycles. The molecule has 1 rings (SSSR count). The normalized spacial score (nSPS) is 22.6. The molecule has 14 heavy (non-hydrogen) atoms. The van der Waals surface area contributed by atoms with Gasteiger partial charge in [-0.05, 0) is 19.9 Å². The van der Waals surface area contributed by atoms with Crippen molar-refractivity contribution in [1.82, 2.24) is 10.2 Å². The van der Waals surface area contributed by atoms with Crippen molar-refractivity contribution in [2.24, 2.45) is 0 Å². The molecule has 0 aromatic rings. The molecule has 1 fully saturated rings. The van der Waals surface area contributed by atoms with Crippen molar-refractivity contribution in [2.75, 3.05) is 26.2 Å². The van der Waals surface area contributed by atoms with Gasteiger partial charge >= 0.3 is 6.09 Å². The zero-order valence-corrected chi connectivity index (χ0v) is 8.66. The Labute approximate surface area is 84.9 Å². The second kappa shape index (κ2) is 5.65. The summed E-state index contributed by atoms with van der Waals surface area (Å²) < 4.78 is 5.00. The highest BCUT2D eigenvalue weighted by atomic mass is 16.6. The Balaban J connectivity index is 2.45. The van der Waals surface area contributed by atoms with E-state index < -0.39 is 0 Å². The summed E-state index contributed by atoms with van der Waals surface area (Å²) in [6.07, 6.45) is 2.32. The van der Waals surface area contributed by atoms with Crippen LogP contribution in [-0.2, 0) is 4.74 Å². The van der Waals surface area contributed by atoms with Crippen molar-refractivity contribution in [3.05, 3.63) is 12.7 Å². The van der Waals surface area contributed by atoms with Crippen molar-refractivity contribution in [2.45, 2.75) is 19.4 Å². The highest BCUT2D eigenvalue weighted by molar-refractivity contribution is 5.68. The number of nitrogens with one attached hydrogen (secondary N) is 1. The van der Waals surface area contributed by atoms with Crippen LogP contribution in [0.15, 0.2) is 12.7 Å². The molecular formula is C10H18N2O2. The Kier molecular flexibility index (Phi) is 4.46. The number of rotatable bonds is 2. The zero-order valence-electron chi connectivity index (χ0n) is 8.66. The fourth-order valence-corrected chi connectivity index (χ4v) is 1.50. The Morgan fingerprint density at radius 1 is 1.71 bits per heavy atom. The first kappa shape index (κ1) is 11.0. The molecule has 1 aliphatic heterocycles. The summed E-state index contributed by atoms with van der Waals surface area (Å²) in [6, 6.07) is 0.252. The highest BCUT2D eigenvalue weighted by Crippen LogP contribution is 2.07. The van der Waals surface area contributed by atoms with Crippen molar-refractivity contribution in [3.8, 4) is 0 Å². The first-order valence-electron chi connectivity index (χ1n) is 5.00. The molecule has 1 N–H and O–H groups in total. The fourth-order valence-electron chi connectivity index (χ4n) is 1.50. The first-order valence-corrected chi connectivity index (χ1v) is 5.00. The average Bonchev–Trinajstić information content (AvgIpc) is 2.39. The summed E-state index contributed by atoms with van der Waals surface area (Å²) in [5.74, 6) is 0. The van der Waals surface area contributed by atoms with Crippen LogP contribution in [0.25, 0.3) is 0 Å². The van der Waals surface area contributed by atoms with Crippen LogP contribution < -0.4 is 5.32 Å². The molecule has 1 unspecified atom stereocenters. The first-order chi connectivity index (χ1) is 6.75. The molecule has 1 atom stereocenters. The number of ether oxygens (including phenoxy) is 1. The van der Waals surface area contributed by atoms with Crippen LogP contribution in [0.5, 0.6) is 0 Å². The van der Waals surface area contributed by atoms with E-state index in [4.69, 9.17) is 4.74 Å². The molecule has 0 radical (unpaired) electrons. The van der Waals surface area contributed by atoms with Gasteiger partial charge in [-0.2, -0.15) is 0 Å². The molecule has 0 aliphatic carbocycles. The van der Waals surface area contributed by atoms with Gasteiger partial charge in [-0.25, -0.2) is 4.79 Å². The van der Waals surface area contributed by atoms with Gasteiger partial charge in [-0.1, -0.05) is 12.7 Å². The summed E-state index contributed by atoms with van der Waals surface area (Å²) >= 11 is 0. The summed E-state index contributed by atoms with van der Waals surface area (Å²) in [4.78, 5) is 13.3. The van der Waals surface area contributed by atoms with Crippen LogP contribution in [0, 0.1) is 0 Å². The molecule has 1 heterocycles. The van der Waals surface area contributed by atoms with Gasteiger partial charge in [0.25, 0.3) is 0 Å². The minimum atomic E-state index is -0.235. The van der Waals surface area contributed by atoms with Crippen LogP contribution in [0.3, 0.4) is 0 Å². The van der Waals surface area contributed by atoms with E-state index in [1.165, 1.54) is 0 Å². The van der Waals surface area contributed by atoms with Crippen LogP contribution in [-0.4, -0.2) is 43.3 Å². The predicted molar refractivity (Wildman–Crippen MR) is 55.2 cm³/mol. The molecule has 1 amide bonds. The molecule has 4 nitrogen and oxygen atoms in total. The van der Waals surface area contributed by atoms with E-state index in [1.807, 2.05) is 6.92 Å². The van der Waals surface area contributed by atoms with Gasteiger partial charge in [0.2, 0.25) is 0 Å². The smallest absolute Gasteiger partial charge is 0.410 e. The number of hydrogen-bond donors (Lipinski definition) is 1. The van der Waals surface area contributed by atoms with Gasteiger partial charge in [0, 0.05) is 19.1 Å². The molecular weight excluding hydrogens is 180 g/mol. The Hall–Kier alpha value is -1.03. The lowest BCUT2D eigenvalue weighted by molar-refractivity contribution is 0.101. The van der Waals surface area contributed by atoms with Gasteiger partial charge in [-0.15, -0.1) is 0 Å². The molecule has 1 aliphatic rings. The number of carbonyl (C=O) groups is 1. The van der Waals surface area contributed by atoms with E-state index in [2.05, 4.69) is 11.9 Å². The summed E-state index contributed by atoms with van der Waals surface area (Å²) in [5, 5.41) is 3.25. The van der Waals surface area contributed by atoms with Gasteiger partial charge in [-0.3, -0.25) is 0 Å². The lowest BCUT2D eigenvalue weighted by atomic mass is 10.2. The molecule has 0 aromatic carbocycles. The highest BCUT2D eigenvalue weighted by Gasteiger charge is 2.22. The number of amides is 1. The standard InChI is InChI=1S/C10H18N2O2/c1-3-8-14-10(13)12-7-6-11-5-4-9(12)2/h3,9,11H,1,4-8H2,2H3. The third-order valence-corrected chi connectivity index (χ3v) is 2.36. The van der Waals surface area contributed by atoms with Crippen LogP contribution in [0.4, 0.5) is 4.79 Å². The van der Waals surface area contributed by atoms with Crippen LogP contribution >= 0.6 is 0 Å². The maximum absolute atomic E-state index is 11.5. The SMILES string of the molecule is C=CCOC(=O)N1CCNCCC1C. The number of nitrogens with zero attached hydrogens (tertiary/aromatic N) is 1. The second-order valence-electron chi connectivity index (χ2n) is 3.45. The molecule has 0 saturated carbocycles. The lowest BCUT2D eigenvalue weighted by Crippen LogP contribution is -2.40. The van der Waals surface area contributed by atoms with E-state index in [1.54, 1.807) is 11.0 Å². The zero-order chi connectivity index (χ0) is 10.4. The molecule has 80 valence electrons. The molecule has 0 bridgehead atoms. The summed E-state index contributed by atoms with van der Waals surface area (Å²) in [5.41, 5.74) is 0. The molecule has 0 spiro atoms. The lowest BCUT2D eigenvalue weighted by Gasteiger charge is -2.25. The van der Waals surface area contributed by atoms with Gasteiger partial charge in [0.05, 0.1) is 0 Å². The Morgan fingerprint density at radius 2 is 2.50 bits per heavy atom. The van der Waals surface area contributed by atoms with Gasteiger partial charge in [0.1, 0.15) is 6.61 Å². The minimum Gasteiger partial charge on any atom is -0.445 e. The van der Waals surface area contributed by atoms with Crippen LogP contribution in [0.2, 0.25) is 0 Å².